The molecule has 0 aliphatic heterocycles. The Labute approximate surface area is 114 Å². The normalized spacial score (nSPS) is 10.4. The molecule has 104 valence electrons. The molecular weight excluding hydrogens is 264 g/mol. The molecule has 0 heterocycles. The predicted octanol–water partition coefficient (Wildman–Crippen LogP) is 4.02. The van der Waals surface area contributed by atoms with Crippen molar-refractivity contribution in [3.63, 3.8) is 0 Å². The molecule has 2 rings (SSSR count). The van der Waals surface area contributed by atoms with E-state index in [0.717, 1.165) is 11.6 Å². The number of aryl methyl sites for hydroxylation is 2. The molecule has 0 aromatic heterocycles. The van der Waals surface area contributed by atoms with Gasteiger partial charge in [0.25, 0.3) is 0 Å². The van der Waals surface area contributed by atoms with Crippen molar-refractivity contribution in [2.75, 3.05) is 5.32 Å². The maximum Gasteiger partial charge on any atom is 0.337 e. The lowest BCUT2D eigenvalue weighted by molar-refractivity contribution is 0.0698. The predicted molar refractivity (Wildman–Crippen MR) is 72.5 cm³/mol. The summed E-state index contributed by atoms with van der Waals surface area (Å²) in [5.74, 6) is -2.67. The van der Waals surface area contributed by atoms with E-state index in [4.69, 9.17) is 5.11 Å². The van der Waals surface area contributed by atoms with Crippen LogP contribution in [0.3, 0.4) is 0 Å². The zero-order chi connectivity index (χ0) is 14.9. The zero-order valence-electron chi connectivity index (χ0n) is 11.0. The summed E-state index contributed by atoms with van der Waals surface area (Å²) in [7, 11) is 0. The highest BCUT2D eigenvalue weighted by molar-refractivity contribution is 5.95. The summed E-state index contributed by atoms with van der Waals surface area (Å²) in [5.41, 5.74) is 0.819. The van der Waals surface area contributed by atoms with E-state index in [1.54, 1.807) is 13.0 Å². The fraction of sp³-hybridized carbons (Fsp3) is 0.133. The van der Waals surface area contributed by atoms with Gasteiger partial charge in [-0.3, -0.25) is 0 Å². The minimum atomic E-state index is -1.17. The average Bonchev–Trinajstić information content (AvgIpc) is 2.39. The van der Waals surface area contributed by atoms with Gasteiger partial charge < -0.3 is 10.4 Å². The Kier molecular flexibility index (Phi) is 3.70. The maximum absolute atomic E-state index is 13.9. The lowest BCUT2D eigenvalue weighted by Crippen LogP contribution is -2.06. The number of hydrogen-bond acceptors (Lipinski definition) is 2. The molecule has 0 aliphatic rings. The number of carbonyl (C=O) groups is 1. The molecule has 5 heteroatoms. The van der Waals surface area contributed by atoms with Crippen LogP contribution in [0.5, 0.6) is 0 Å². The highest BCUT2D eigenvalue weighted by Gasteiger charge is 2.15. The molecule has 0 spiro atoms. The van der Waals surface area contributed by atoms with E-state index in [1.165, 1.54) is 25.1 Å². The van der Waals surface area contributed by atoms with E-state index >= 15 is 0 Å². The Morgan fingerprint density at radius 2 is 1.85 bits per heavy atom. The van der Waals surface area contributed by atoms with Crippen molar-refractivity contribution in [3.8, 4) is 0 Å². The monoisotopic (exact) mass is 277 g/mol. The molecule has 0 bridgehead atoms. The van der Waals surface area contributed by atoms with E-state index in [2.05, 4.69) is 5.32 Å². The second-order valence-corrected chi connectivity index (χ2v) is 4.53. The molecule has 2 aromatic rings. The first kappa shape index (κ1) is 14.0. The van der Waals surface area contributed by atoms with Crippen LogP contribution in [0.2, 0.25) is 0 Å². The van der Waals surface area contributed by atoms with Crippen LogP contribution >= 0.6 is 0 Å². The Bertz CT molecular complexity index is 684. The number of hydrogen-bond donors (Lipinski definition) is 2. The van der Waals surface area contributed by atoms with E-state index < -0.39 is 17.6 Å². The molecule has 2 N–H and O–H groups in total. The Hall–Kier alpha value is -2.43. The van der Waals surface area contributed by atoms with Crippen molar-refractivity contribution in [1.82, 2.24) is 0 Å². The first-order valence-corrected chi connectivity index (χ1v) is 5.95. The molecule has 0 unspecified atom stereocenters. The van der Waals surface area contributed by atoms with Gasteiger partial charge in [-0.15, -0.1) is 0 Å². The van der Waals surface area contributed by atoms with Crippen molar-refractivity contribution in [2.45, 2.75) is 13.8 Å². The highest BCUT2D eigenvalue weighted by atomic mass is 19.1. The SMILES string of the molecule is Cc1ccc(C(=O)O)c(Nc2c(F)ccc(C)c2F)c1. The minimum Gasteiger partial charge on any atom is -0.478 e. The summed E-state index contributed by atoms with van der Waals surface area (Å²) in [5, 5.41) is 11.6. The minimum absolute atomic E-state index is 0.0455. The van der Waals surface area contributed by atoms with E-state index in [-0.39, 0.29) is 22.5 Å². The third-order valence-electron chi connectivity index (χ3n) is 2.95. The number of benzene rings is 2. The number of carboxylic acids is 1. The van der Waals surface area contributed by atoms with Crippen LogP contribution in [0.1, 0.15) is 21.5 Å². The van der Waals surface area contributed by atoms with E-state index in [9.17, 15) is 13.6 Å². The molecular formula is C15H13F2NO2. The summed E-state index contributed by atoms with van der Waals surface area (Å²) in [6.07, 6.45) is 0. The first-order chi connectivity index (χ1) is 9.40. The number of anilines is 2. The van der Waals surface area contributed by atoms with Crippen LogP contribution < -0.4 is 5.32 Å². The molecule has 0 saturated carbocycles. The van der Waals surface area contributed by atoms with Gasteiger partial charge in [-0.25, -0.2) is 13.6 Å². The third kappa shape index (κ3) is 2.61. The summed E-state index contributed by atoms with van der Waals surface area (Å²) in [4.78, 5) is 11.1. The molecule has 0 saturated heterocycles. The van der Waals surface area contributed by atoms with Crippen molar-refractivity contribution >= 4 is 17.3 Å². The van der Waals surface area contributed by atoms with Crippen LogP contribution in [0.4, 0.5) is 20.2 Å². The Balaban J connectivity index is 2.53. The molecule has 0 amide bonds. The van der Waals surface area contributed by atoms with Crippen LogP contribution in [0.25, 0.3) is 0 Å². The van der Waals surface area contributed by atoms with Crippen LogP contribution in [0, 0.1) is 25.5 Å². The second kappa shape index (κ2) is 5.28. The lowest BCUT2D eigenvalue weighted by Gasteiger charge is -2.13. The fourth-order valence-electron chi connectivity index (χ4n) is 1.85. The number of carboxylic acid groups (broad SMARTS) is 1. The van der Waals surface area contributed by atoms with Crippen molar-refractivity contribution in [2.24, 2.45) is 0 Å². The van der Waals surface area contributed by atoms with Crippen LogP contribution in [-0.4, -0.2) is 11.1 Å². The van der Waals surface area contributed by atoms with Gasteiger partial charge in [0, 0.05) is 0 Å². The standard InChI is InChI=1S/C15H13F2NO2/c1-8-3-5-10(15(19)20)12(7-8)18-14-11(16)6-4-9(2)13(14)17/h3-7,18H,1-2H3,(H,19,20). The highest BCUT2D eigenvalue weighted by Crippen LogP contribution is 2.28. The van der Waals surface area contributed by atoms with Gasteiger partial charge in [0.05, 0.1) is 11.3 Å². The smallest absolute Gasteiger partial charge is 0.337 e. The Morgan fingerprint density at radius 1 is 1.15 bits per heavy atom. The molecule has 0 aliphatic carbocycles. The van der Waals surface area contributed by atoms with Gasteiger partial charge in [0.15, 0.2) is 5.82 Å². The molecule has 20 heavy (non-hydrogen) atoms. The van der Waals surface area contributed by atoms with Gasteiger partial charge in [-0.05, 0) is 43.2 Å². The van der Waals surface area contributed by atoms with Crippen LogP contribution in [0.15, 0.2) is 30.3 Å². The molecule has 2 aromatic carbocycles. The van der Waals surface area contributed by atoms with Crippen molar-refractivity contribution in [3.05, 3.63) is 58.7 Å². The lowest BCUT2D eigenvalue weighted by atomic mass is 10.1. The molecule has 0 atom stereocenters. The van der Waals surface area contributed by atoms with Crippen molar-refractivity contribution in [1.29, 1.82) is 0 Å². The van der Waals surface area contributed by atoms with E-state index in [0.29, 0.717) is 0 Å². The van der Waals surface area contributed by atoms with Crippen molar-refractivity contribution < 1.29 is 18.7 Å². The quantitative estimate of drug-likeness (QED) is 0.890. The number of halogens is 2. The van der Waals surface area contributed by atoms with Gasteiger partial charge in [-0.2, -0.15) is 0 Å². The van der Waals surface area contributed by atoms with Gasteiger partial charge in [0.2, 0.25) is 0 Å². The average molecular weight is 277 g/mol. The molecule has 3 nitrogen and oxygen atoms in total. The fourth-order valence-corrected chi connectivity index (χ4v) is 1.85. The summed E-state index contributed by atoms with van der Waals surface area (Å²) < 4.78 is 27.6. The third-order valence-corrected chi connectivity index (χ3v) is 2.95. The largest absolute Gasteiger partial charge is 0.478 e. The first-order valence-electron chi connectivity index (χ1n) is 5.95. The van der Waals surface area contributed by atoms with Crippen LogP contribution in [-0.2, 0) is 0 Å². The topological polar surface area (TPSA) is 49.3 Å². The second-order valence-electron chi connectivity index (χ2n) is 4.53. The summed E-state index contributed by atoms with van der Waals surface area (Å²) >= 11 is 0. The summed E-state index contributed by atoms with van der Waals surface area (Å²) in [6.45, 7) is 3.27. The number of nitrogens with one attached hydrogen (secondary N) is 1. The van der Waals surface area contributed by atoms with Gasteiger partial charge in [0.1, 0.15) is 11.5 Å². The van der Waals surface area contributed by atoms with Gasteiger partial charge >= 0.3 is 5.97 Å². The maximum atomic E-state index is 13.9. The Morgan fingerprint density at radius 3 is 2.50 bits per heavy atom. The summed E-state index contributed by atoms with van der Waals surface area (Å²) in [6, 6.07) is 7.01. The number of rotatable bonds is 3. The molecule has 0 radical (unpaired) electrons. The van der Waals surface area contributed by atoms with Gasteiger partial charge in [-0.1, -0.05) is 12.1 Å². The molecule has 0 fully saturated rings. The number of aromatic carboxylic acids is 1. The van der Waals surface area contributed by atoms with E-state index in [1.807, 2.05) is 0 Å². The zero-order valence-corrected chi connectivity index (χ0v) is 11.0.